The van der Waals surface area contributed by atoms with Crippen molar-refractivity contribution < 1.29 is 19.1 Å². The molecule has 0 spiro atoms. The fourth-order valence-electron chi connectivity index (χ4n) is 3.64. The van der Waals surface area contributed by atoms with Crippen molar-refractivity contribution in [2.45, 2.75) is 57.0 Å². The van der Waals surface area contributed by atoms with E-state index in [4.69, 9.17) is 16.7 Å². The summed E-state index contributed by atoms with van der Waals surface area (Å²) in [5.74, 6) is -0.933. The van der Waals surface area contributed by atoms with Crippen LogP contribution in [0.1, 0.15) is 45.1 Å². The lowest BCUT2D eigenvalue weighted by Crippen LogP contribution is -2.57. The molecule has 2 fully saturated rings. The van der Waals surface area contributed by atoms with Gasteiger partial charge >= 0.3 is 5.97 Å². The van der Waals surface area contributed by atoms with Gasteiger partial charge in [0.1, 0.15) is 5.82 Å². The number of carboxylic acid groups (broad SMARTS) is 1. The maximum Gasteiger partial charge on any atom is 0.317 e. The fraction of sp³-hybridized carbons (Fsp3) is 0.600. The Kier molecular flexibility index (Phi) is 5.77. The lowest BCUT2D eigenvalue weighted by atomic mass is 9.80. The molecule has 27 heavy (non-hydrogen) atoms. The van der Waals surface area contributed by atoms with Crippen molar-refractivity contribution >= 4 is 23.5 Å². The van der Waals surface area contributed by atoms with Crippen LogP contribution in [-0.2, 0) is 15.0 Å². The van der Waals surface area contributed by atoms with Crippen LogP contribution in [0.5, 0.6) is 0 Å². The predicted octanol–water partition coefficient (Wildman–Crippen LogP) is 3.20. The Balaban J connectivity index is 1.56. The number of nitrogens with zero attached hydrogens (tertiary/aromatic N) is 1. The van der Waals surface area contributed by atoms with Gasteiger partial charge in [-0.2, -0.15) is 0 Å². The standard InChI is InChI=1S/C20H26ClFN2O3/c1-20(2,16-6-5-13(21)7-17(16)22)19(27)23-14-8-15(9-14)24(11-18(25)26)10-12-3-4-12/h5-7,12,14-15H,3-4,8-11H2,1-2H3,(H,23,27)(H,25,26). The highest BCUT2D eigenvalue weighted by Gasteiger charge is 2.40. The van der Waals surface area contributed by atoms with Crippen LogP contribution >= 0.6 is 11.6 Å². The molecule has 0 bridgehead atoms. The van der Waals surface area contributed by atoms with Gasteiger partial charge in [0.25, 0.3) is 0 Å². The minimum absolute atomic E-state index is 0.00682. The summed E-state index contributed by atoms with van der Waals surface area (Å²) in [5.41, 5.74) is -0.712. The molecule has 148 valence electrons. The summed E-state index contributed by atoms with van der Waals surface area (Å²) in [5, 5.41) is 12.4. The van der Waals surface area contributed by atoms with Gasteiger partial charge in [0.2, 0.25) is 5.91 Å². The molecule has 0 saturated heterocycles. The molecule has 5 nitrogen and oxygen atoms in total. The number of rotatable bonds is 8. The monoisotopic (exact) mass is 396 g/mol. The van der Waals surface area contributed by atoms with Crippen molar-refractivity contribution in [3.63, 3.8) is 0 Å². The van der Waals surface area contributed by atoms with Gasteiger partial charge in [0.15, 0.2) is 0 Å². The molecule has 0 atom stereocenters. The Morgan fingerprint density at radius 3 is 2.56 bits per heavy atom. The number of hydrogen-bond donors (Lipinski definition) is 2. The van der Waals surface area contributed by atoms with Crippen LogP contribution in [0.3, 0.4) is 0 Å². The first-order chi connectivity index (χ1) is 12.7. The molecule has 7 heteroatoms. The molecular weight excluding hydrogens is 371 g/mol. The van der Waals surface area contributed by atoms with E-state index >= 15 is 0 Å². The Morgan fingerprint density at radius 1 is 1.33 bits per heavy atom. The van der Waals surface area contributed by atoms with E-state index < -0.39 is 17.2 Å². The number of carboxylic acids is 1. The largest absolute Gasteiger partial charge is 0.480 e. The van der Waals surface area contributed by atoms with Gasteiger partial charge in [-0.15, -0.1) is 0 Å². The van der Waals surface area contributed by atoms with E-state index in [1.807, 2.05) is 4.90 Å². The zero-order chi connectivity index (χ0) is 19.8. The van der Waals surface area contributed by atoms with Gasteiger partial charge < -0.3 is 10.4 Å². The third kappa shape index (κ3) is 4.79. The lowest BCUT2D eigenvalue weighted by Gasteiger charge is -2.43. The number of aliphatic carboxylic acids is 1. The molecular formula is C20H26ClFN2O3. The summed E-state index contributed by atoms with van der Waals surface area (Å²) in [6.45, 7) is 4.24. The first-order valence-electron chi connectivity index (χ1n) is 9.39. The SMILES string of the molecule is CC(C)(C(=O)NC1CC(N(CC(=O)O)CC2CC2)C1)c1ccc(Cl)cc1F. The second-order valence-electron chi connectivity index (χ2n) is 8.31. The molecule has 2 aliphatic rings. The minimum atomic E-state index is -1.02. The summed E-state index contributed by atoms with van der Waals surface area (Å²) < 4.78 is 14.2. The average molecular weight is 397 g/mol. The number of hydrogen-bond acceptors (Lipinski definition) is 3. The topological polar surface area (TPSA) is 69.6 Å². The first kappa shape index (κ1) is 20.1. The quantitative estimate of drug-likeness (QED) is 0.708. The van der Waals surface area contributed by atoms with E-state index in [2.05, 4.69) is 5.32 Å². The first-order valence-corrected chi connectivity index (χ1v) is 9.77. The van der Waals surface area contributed by atoms with Gasteiger partial charge in [-0.05, 0) is 57.6 Å². The zero-order valence-corrected chi connectivity index (χ0v) is 16.4. The van der Waals surface area contributed by atoms with Crippen molar-refractivity contribution in [1.29, 1.82) is 0 Å². The Hall–Kier alpha value is -1.66. The van der Waals surface area contributed by atoms with Crippen LogP contribution in [0.25, 0.3) is 0 Å². The molecule has 2 aliphatic carbocycles. The highest BCUT2D eigenvalue weighted by Crippen LogP contribution is 2.34. The number of benzene rings is 1. The van der Waals surface area contributed by atoms with Crippen molar-refractivity contribution in [3.05, 3.63) is 34.6 Å². The molecule has 0 aromatic heterocycles. The molecule has 2 saturated carbocycles. The molecule has 0 heterocycles. The Bertz CT molecular complexity index is 730. The van der Waals surface area contributed by atoms with Gasteiger partial charge in [0.05, 0.1) is 12.0 Å². The molecule has 1 amide bonds. The number of carbonyl (C=O) groups is 2. The molecule has 1 aromatic carbocycles. The van der Waals surface area contributed by atoms with E-state index in [9.17, 15) is 14.0 Å². The van der Waals surface area contributed by atoms with E-state index in [0.29, 0.717) is 16.5 Å². The summed E-state index contributed by atoms with van der Waals surface area (Å²) in [6, 6.07) is 4.52. The van der Waals surface area contributed by atoms with Crippen molar-refractivity contribution in [3.8, 4) is 0 Å². The fourth-order valence-corrected chi connectivity index (χ4v) is 3.80. The summed E-state index contributed by atoms with van der Waals surface area (Å²) in [7, 11) is 0. The number of carbonyl (C=O) groups excluding carboxylic acids is 1. The average Bonchev–Trinajstić information content (AvgIpc) is 3.32. The van der Waals surface area contributed by atoms with Gasteiger partial charge in [-0.25, -0.2) is 4.39 Å². The van der Waals surface area contributed by atoms with Gasteiger partial charge in [-0.3, -0.25) is 14.5 Å². The molecule has 0 aliphatic heterocycles. The number of halogens is 2. The minimum Gasteiger partial charge on any atom is -0.480 e. The molecule has 2 N–H and O–H groups in total. The second-order valence-corrected chi connectivity index (χ2v) is 8.75. The summed E-state index contributed by atoms with van der Waals surface area (Å²) in [6.07, 6.45) is 3.80. The molecule has 0 radical (unpaired) electrons. The van der Waals surface area contributed by atoms with Crippen LogP contribution < -0.4 is 5.32 Å². The third-order valence-electron chi connectivity index (χ3n) is 5.66. The van der Waals surface area contributed by atoms with Crippen molar-refractivity contribution in [2.75, 3.05) is 13.1 Å². The highest BCUT2D eigenvalue weighted by atomic mass is 35.5. The summed E-state index contributed by atoms with van der Waals surface area (Å²) in [4.78, 5) is 25.9. The third-order valence-corrected chi connectivity index (χ3v) is 5.90. The van der Waals surface area contributed by atoms with E-state index in [1.165, 1.54) is 18.9 Å². The van der Waals surface area contributed by atoms with E-state index in [0.717, 1.165) is 19.4 Å². The van der Waals surface area contributed by atoms with E-state index in [1.54, 1.807) is 26.0 Å². The maximum atomic E-state index is 14.2. The van der Waals surface area contributed by atoms with Crippen molar-refractivity contribution in [1.82, 2.24) is 10.2 Å². The molecule has 1 aromatic rings. The van der Waals surface area contributed by atoms with Crippen LogP contribution in [-0.4, -0.2) is 47.1 Å². The van der Waals surface area contributed by atoms with Crippen LogP contribution in [0.15, 0.2) is 18.2 Å². The predicted molar refractivity (Wildman–Crippen MR) is 101 cm³/mol. The number of amides is 1. The smallest absolute Gasteiger partial charge is 0.317 e. The second kappa shape index (κ2) is 7.76. The molecule has 3 rings (SSSR count). The number of nitrogens with one attached hydrogen (secondary N) is 1. The van der Waals surface area contributed by atoms with Gasteiger partial charge in [-0.1, -0.05) is 17.7 Å². The highest BCUT2D eigenvalue weighted by molar-refractivity contribution is 6.30. The van der Waals surface area contributed by atoms with Crippen LogP contribution in [0.4, 0.5) is 4.39 Å². The Labute approximate surface area is 163 Å². The van der Waals surface area contributed by atoms with Crippen LogP contribution in [0.2, 0.25) is 5.02 Å². The lowest BCUT2D eigenvalue weighted by molar-refractivity contribution is -0.140. The summed E-state index contributed by atoms with van der Waals surface area (Å²) >= 11 is 5.80. The van der Waals surface area contributed by atoms with Crippen molar-refractivity contribution in [2.24, 2.45) is 5.92 Å². The van der Waals surface area contributed by atoms with Crippen LogP contribution in [0, 0.1) is 11.7 Å². The Morgan fingerprint density at radius 2 is 2.00 bits per heavy atom. The maximum absolute atomic E-state index is 14.2. The molecule has 0 unspecified atom stereocenters. The van der Waals surface area contributed by atoms with Gasteiger partial charge in [0, 0.05) is 29.2 Å². The van der Waals surface area contributed by atoms with E-state index in [-0.39, 0.29) is 24.5 Å². The normalized spacial score (nSPS) is 22.4. The zero-order valence-electron chi connectivity index (χ0n) is 15.7.